The number of aryl methyl sites for hydroxylation is 1. The van der Waals surface area contributed by atoms with Gasteiger partial charge in [-0.05, 0) is 45.2 Å². The van der Waals surface area contributed by atoms with E-state index in [4.69, 9.17) is 0 Å². The third kappa shape index (κ3) is 1.25. The molecular formula is C14H20N2. The highest BCUT2D eigenvalue weighted by Gasteiger charge is 2.51. The molecule has 0 saturated heterocycles. The zero-order chi connectivity index (χ0) is 11.3. The predicted molar refractivity (Wildman–Crippen MR) is 69.2 cm³/mol. The standard InChI is InChI=1S/C14H20N2/c1-10(2)16-12-6-4-5-11(3)13(12)15-9-14(16)7-8-14/h4-6,10,15H,7-9H2,1-3H3. The Morgan fingerprint density at radius 3 is 2.69 bits per heavy atom. The fourth-order valence-electron chi connectivity index (χ4n) is 3.06. The predicted octanol–water partition coefficient (Wildman–Crippen LogP) is 3.17. The van der Waals surface area contributed by atoms with E-state index >= 15 is 0 Å². The molecule has 86 valence electrons. The summed E-state index contributed by atoms with van der Waals surface area (Å²) in [5.41, 5.74) is 4.53. The summed E-state index contributed by atoms with van der Waals surface area (Å²) in [6.45, 7) is 7.91. The Labute approximate surface area is 97.6 Å². The summed E-state index contributed by atoms with van der Waals surface area (Å²) in [4.78, 5) is 2.63. The normalized spacial score (nSPS) is 20.9. The van der Waals surface area contributed by atoms with E-state index in [2.05, 4.69) is 49.2 Å². The van der Waals surface area contributed by atoms with Gasteiger partial charge in [0, 0.05) is 12.6 Å². The SMILES string of the molecule is Cc1cccc2c1NCC1(CC1)N2C(C)C. The lowest BCUT2D eigenvalue weighted by Gasteiger charge is -2.43. The average molecular weight is 216 g/mol. The minimum Gasteiger partial charge on any atom is -0.381 e. The van der Waals surface area contributed by atoms with Gasteiger partial charge in [0.2, 0.25) is 0 Å². The Morgan fingerprint density at radius 2 is 2.06 bits per heavy atom. The molecule has 0 radical (unpaired) electrons. The molecule has 1 N–H and O–H groups in total. The van der Waals surface area contributed by atoms with Crippen LogP contribution in [-0.4, -0.2) is 18.1 Å². The van der Waals surface area contributed by atoms with Crippen LogP contribution in [0.2, 0.25) is 0 Å². The Balaban J connectivity index is 2.11. The number of benzene rings is 1. The number of anilines is 2. The largest absolute Gasteiger partial charge is 0.381 e. The minimum absolute atomic E-state index is 0.426. The van der Waals surface area contributed by atoms with Crippen LogP contribution in [0.15, 0.2) is 18.2 Å². The second-order valence-corrected chi connectivity index (χ2v) is 5.51. The maximum Gasteiger partial charge on any atom is 0.0612 e. The first-order chi connectivity index (χ1) is 7.64. The molecule has 2 nitrogen and oxygen atoms in total. The second kappa shape index (κ2) is 3.16. The Morgan fingerprint density at radius 1 is 1.31 bits per heavy atom. The van der Waals surface area contributed by atoms with Crippen molar-refractivity contribution in [3.8, 4) is 0 Å². The summed E-state index contributed by atoms with van der Waals surface area (Å²) < 4.78 is 0. The molecule has 0 unspecified atom stereocenters. The molecule has 2 aliphatic rings. The van der Waals surface area contributed by atoms with E-state index in [1.54, 1.807) is 0 Å². The average Bonchev–Trinajstić information content (AvgIpc) is 2.98. The van der Waals surface area contributed by atoms with E-state index in [-0.39, 0.29) is 0 Å². The highest BCUT2D eigenvalue weighted by Crippen LogP contribution is 2.50. The number of fused-ring (bicyclic) bond motifs is 1. The first kappa shape index (κ1) is 10.0. The van der Waals surface area contributed by atoms with Gasteiger partial charge in [0.05, 0.1) is 16.9 Å². The first-order valence-electron chi connectivity index (χ1n) is 6.27. The van der Waals surface area contributed by atoms with E-state index in [1.165, 1.54) is 29.8 Å². The molecule has 0 bridgehead atoms. The van der Waals surface area contributed by atoms with E-state index in [9.17, 15) is 0 Å². The highest BCUT2D eigenvalue weighted by atomic mass is 15.3. The van der Waals surface area contributed by atoms with Gasteiger partial charge >= 0.3 is 0 Å². The van der Waals surface area contributed by atoms with Crippen LogP contribution >= 0.6 is 0 Å². The fraction of sp³-hybridized carbons (Fsp3) is 0.571. The van der Waals surface area contributed by atoms with Crippen molar-refractivity contribution in [1.82, 2.24) is 0 Å². The topological polar surface area (TPSA) is 15.3 Å². The van der Waals surface area contributed by atoms with Gasteiger partial charge in [-0.1, -0.05) is 12.1 Å². The monoisotopic (exact) mass is 216 g/mol. The van der Waals surface area contributed by atoms with Gasteiger partial charge in [-0.25, -0.2) is 0 Å². The summed E-state index contributed by atoms with van der Waals surface area (Å²) in [6.07, 6.45) is 2.68. The van der Waals surface area contributed by atoms with Crippen molar-refractivity contribution < 1.29 is 0 Å². The Bertz CT molecular complexity index is 419. The van der Waals surface area contributed by atoms with Gasteiger partial charge in [0.25, 0.3) is 0 Å². The Hall–Kier alpha value is -1.18. The van der Waals surface area contributed by atoms with Gasteiger partial charge < -0.3 is 10.2 Å². The quantitative estimate of drug-likeness (QED) is 0.775. The van der Waals surface area contributed by atoms with Crippen LogP contribution in [0.5, 0.6) is 0 Å². The lowest BCUT2D eigenvalue weighted by Crippen LogP contribution is -2.50. The van der Waals surface area contributed by atoms with Crippen molar-refractivity contribution in [2.45, 2.75) is 45.2 Å². The molecule has 1 aliphatic heterocycles. The summed E-state index contributed by atoms with van der Waals surface area (Å²) >= 11 is 0. The number of nitrogens with zero attached hydrogens (tertiary/aromatic N) is 1. The maximum atomic E-state index is 3.63. The van der Waals surface area contributed by atoms with Crippen LogP contribution in [0.3, 0.4) is 0 Å². The summed E-state index contributed by atoms with van der Waals surface area (Å²) in [7, 11) is 0. The summed E-state index contributed by atoms with van der Waals surface area (Å²) in [6, 6.07) is 7.21. The van der Waals surface area contributed by atoms with Crippen molar-refractivity contribution in [3.05, 3.63) is 23.8 Å². The number of hydrogen-bond donors (Lipinski definition) is 1. The third-order valence-electron chi connectivity index (χ3n) is 3.96. The third-order valence-corrected chi connectivity index (χ3v) is 3.96. The van der Waals surface area contributed by atoms with E-state index in [1.807, 2.05) is 0 Å². The van der Waals surface area contributed by atoms with E-state index in [0.717, 1.165) is 6.54 Å². The van der Waals surface area contributed by atoms with Crippen LogP contribution in [0.25, 0.3) is 0 Å². The number of nitrogens with one attached hydrogen (secondary N) is 1. The van der Waals surface area contributed by atoms with Crippen LogP contribution in [0, 0.1) is 6.92 Å². The lowest BCUT2D eigenvalue weighted by molar-refractivity contribution is 0.538. The van der Waals surface area contributed by atoms with Crippen LogP contribution < -0.4 is 10.2 Å². The zero-order valence-corrected chi connectivity index (χ0v) is 10.4. The second-order valence-electron chi connectivity index (χ2n) is 5.51. The molecule has 1 aromatic carbocycles. The molecule has 1 aliphatic carbocycles. The van der Waals surface area contributed by atoms with Crippen molar-refractivity contribution >= 4 is 11.4 Å². The van der Waals surface area contributed by atoms with Crippen LogP contribution in [0.1, 0.15) is 32.3 Å². The first-order valence-corrected chi connectivity index (χ1v) is 6.27. The summed E-state index contributed by atoms with van der Waals surface area (Å²) in [5, 5.41) is 3.63. The van der Waals surface area contributed by atoms with E-state index < -0.39 is 0 Å². The smallest absolute Gasteiger partial charge is 0.0612 e. The molecular weight excluding hydrogens is 196 g/mol. The van der Waals surface area contributed by atoms with Crippen molar-refractivity contribution in [1.29, 1.82) is 0 Å². The number of para-hydroxylation sites is 1. The zero-order valence-electron chi connectivity index (χ0n) is 10.4. The molecule has 1 spiro atoms. The molecule has 0 amide bonds. The van der Waals surface area contributed by atoms with Crippen LogP contribution in [-0.2, 0) is 0 Å². The van der Waals surface area contributed by atoms with Crippen molar-refractivity contribution in [2.24, 2.45) is 0 Å². The molecule has 3 rings (SSSR count). The molecule has 1 saturated carbocycles. The molecule has 1 aromatic rings. The van der Waals surface area contributed by atoms with Gasteiger partial charge in [0.15, 0.2) is 0 Å². The van der Waals surface area contributed by atoms with Crippen LogP contribution in [0.4, 0.5) is 11.4 Å². The van der Waals surface area contributed by atoms with Gasteiger partial charge in [0.1, 0.15) is 0 Å². The molecule has 1 heterocycles. The fourth-order valence-corrected chi connectivity index (χ4v) is 3.06. The maximum absolute atomic E-state index is 3.63. The lowest BCUT2D eigenvalue weighted by atomic mass is 10.0. The van der Waals surface area contributed by atoms with Crippen molar-refractivity contribution in [3.63, 3.8) is 0 Å². The highest BCUT2D eigenvalue weighted by molar-refractivity contribution is 5.78. The molecule has 0 atom stereocenters. The van der Waals surface area contributed by atoms with Gasteiger partial charge in [-0.15, -0.1) is 0 Å². The van der Waals surface area contributed by atoms with Gasteiger partial charge in [-0.3, -0.25) is 0 Å². The summed E-state index contributed by atoms with van der Waals surface area (Å²) in [5.74, 6) is 0. The van der Waals surface area contributed by atoms with Crippen molar-refractivity contribution in [2.75, 3.05) is 16.8 Å². The van der Waals surface area contributed by atoms with E-state index in [0.29, 0.717) is 11.6 Å². The number of rotatable bonds is 1. The molecule has 16 heavy (non-hydrogen) atoms. The number of hydrogen-bond acceptors (Lipinski definition) is 2. The molecule has 2 heteroatoms. The Kier molecular flexibility index (Phi) is 1.97. The molecule has 0 aromatic heterocycles. The van der Waals surface area contributed by atoms with Gasteiger partial charge in [-0.2, -0.15) is 0 Å². The minimum atomic E-state index is 0.426. The molecule has 1 fully saturated rings.